The molecule has 0 amide bonds. The van der Waals surface area contributed by atoms with Crippen molar-refractivity contribution in [2.24, 2.45) is 0 Å². The molecule has 0 saturated heterocycles. The number of hydrogen-bond acceptors (Lipinski definition) is 6. The molecule has 2 aromatic heterocycles. The van der Waals surface area contributed by atoms with E-state index in [9.17, 15) is 10.1 Å². The van der Waals surface area contributed by atoms with Gasteiger partial charge in [0.05, 0.1) is 11.4 Å². The Hall–Kier alpha value is -3.45. The molecule has 0 bridgehead atoms. The zero-order valence-corrected chi connectivity index (χ0v) is 18.9. The maximum absolute atomic E-state index is 13.7. The molecule has 2 aromatic carbocycles. The molecular formula is C23H19IN6O. The fraction of sp³-hybridized carbons (Fsp3) is 0.130. The highest BCUT2D eigenvalue weighted by molar-refractivity contribution is 14.1. The molecule has 4 aromatic rings. The molecule has 0 aliphatic rings. The normalized spacial score (nSPS) is 11.8. The molecule has 7 nitrogen and oxygen atoms in total. The molecule has 0 unspecified atom stereocenters. The van der Waals surface area contributed by atoms with Crippen LogP contribution < -0.4 is 16.6 Å². The Labute approximate surface area is 192 Å². The average molecular weight is 522 g/mol. The van der Waals surface area contributed by atoms with Gasteiger partial charge in [0, 0.05) is 15.8 Å². The Balaban J connectivity index is 1.94. The molecule has 0 spiro atoms. The number of fused-ring (bicyclic) bond motifs is 1. The maximum Gasteiger partial charge on any atom is 0.263 e. The highest BCUT2D eigenvalue weighted by atomic mass is 127. The minimum atomic E-state index is -0.345. The van der Waals surface area contributed by atoms with Gasteiger partial charge in [0.25, 0.3) is 5.56 Å². The summed E-state index contributed by atoms with van der Waals surface area (Å²) in [7, 11) is 0. The second-order valence-corrected chi connectivity index (χ2v) is 7.78. The quantitative estimate of drug-likeness (QED) is 0.298. The number of aromatic nitrogens is 3. The number of nitrogen functional groups attached to an aromatic ring is 1. The molecule has 0 saturated carbocycles. The van der Waals surface area contributed by atoms with Crippen molar-refractivity contribution >= 4 is 45.0 Å². The fourth-order valence-electron chi connectivity index (χ4n) is 3.63. The number of hydrogen-bond donors (Lipinski definition) is 2. The first-order chi connectivity index (χ1) is 15.0. The minimum absolute atomic E-state index is 0.0812. The second-order valence-electron chi connectivity index (χ2n) is 7.02. The number of anilines is 2. The number of nitriles is 1. The second kappa shape index (κ2) is 8.73. The molecule has 0 fully saturated rings. The maximum atomic E-state index is 13.7. The van der Waals surface area contributed by atoms with Crippen LogP contribution in [0.4, 0.5) is 11.6 Å². The summed E-state index contributed by atoms with van der Waals surface area (Å²) in [6.07, 6.45) is 1.31. The first-order valence-electron chi connectivity index (χ1n) is 9.61. The van der Waals surface area contributed by atoms with Gasteiger partial charge in [0.2, 0.25) is 0 Å². The average Bonchev–Trinajstić information content (AvgIpc) is 2.79. The van der Waals surface area contributed by atoms with Gasteiger partial charge < -0.3 is 11.1 Å². The van der Waals surface area contributed by atoms with E-state index in [2.05, 4.69) is 37.9 Å². The summed E-state index contributed by atoms with van der Waals surface area (Å²) in [6.45, 7) is 1.92. The summed E-state index contributed by atoms with van der Waals surface area (Å²) in [6, 6.07) is 19.1. The van der Waals surface area contributed by atoms with Crippen LogP contribution in [0.2, 0.25) is 0 Å². The number of nitrogens with one attached hydrogen (secondary N) is 1. The third-order valence-electron chi connectivity index (χ3n) is 5.11. The highest BCUT2D eigenvalue weighted by Crippen LogP contribution is 2.27. The summed E-state index contributed by atoms with van der Waals surface area (Å²) < 4.78 is 2.45. The summed E-state index contributed by atoms with van der Waals surface area (Å²) in [5, 5.41) is 14.3. The number of nitrogens with two attached hydrogens (primary N) is 1. The lowest BCUT2D eigenvalue weighted by Gasteiger charge is -2.22. The van der Waals surface area contributed by atoms with Crippen molar-refractivity contribution in [3.63, 3.8) is 0 Å². The Morgan fingerprint density at radius 2 is 1.97 bits per heavy atom. The van der Waals surface area contributed by atoms with Crippen molar-refractivity contribution in [2.45, 2.75) is 17.4 Å². The molecule has 1 atom stereocenters. The minimum Gasteiger partial charge on any atom is -0.382 e. The van der Waals surface area contributed by atoms with Crippen LogP contribution in [0.5, 0.6) is 0 Å². The summed E-state index contributed by atoms with van der Waals surface area (Å²) in [4.78, 5) is 21.8. The lowest BCUT2D eigenvalue weighted by molar-refractivity contribution is 0.772. The van der Waals surface area contributed by atoms with Gasteiger partial charge in [0.1, 0.15) is 29.6 Å². The van der Waals surface area contributed by atoms with E-state index in [1.807, 2.05) is 67.6 Å². The van der Waals surface area contributed by atoms with Crippen LogP contribution in [0.1, 0.15) is 29.8 Å². The Morgan fingerprint density at radius 1 is 1.19 bits per heavy atom. The third-order valence-corrected chi connectivity index (χ3v) is 5.93. The lowest BCUT2D eigenvalue weighted by Crippen LogP contribution is -2.26. The van der Waals surface area contributed by atoms with Crippen molar-refractivity contribution in [2.75, 3.05) is 11.1 Å². The number of alkyl halides is 1. The molecule has 31 heavy (non-hydrogen) atoms. The van der Waals surface area contributed by atoms with Crippen molar-refractivity contribution in [3.8, 4) is 11.8 Å². The number of benzene rings is 2. The van der Waals surface area contributed by atoms with Gasteiger partial charge in [-0.1, -0.05) is 59.0 Å². The monoisotopic (exact) mass is 522 g/mol. The molecule has 0 radical (unpaired) electrons. The van der Waals surface area contributed by atoms with E-state index in [4.69, 9.17) is 5.73 Å². The summed E-state index contributed by atoms with van der Waals surface area (Å²) in [5.74, 6) is 0.438. The number of pyridine rings is 1. The van der Waals surface area contributed by atoms with E-state index in [-0.39, 0.29) is 23.0 Å². The van der Waals surface area contributed by atoms with Crippen LogP contribution in [0.15, 0.2) is 65.7 Å². The van der Waals surface area contributed by atoms with E-state index in [0.29, 0.717) is 11.2 Å². The highest BCUT2D eigenvalue weighted by Gasteiger charge is 2.19. The SMILES string of the molecule is C[C@H](Nc1ncnc(N)c1C#N)c1cc2cccc(CI)c2c(=O)n1-c1ccccc1. The van der Waals surface area contributed by atoms with Gasteiger partial charge in [0.15, 0.2) is 0 Å². The number of nitrogens with zero attached hydrogens (tertiary/aromatic N) is 4. The van der Waals surface area contributed by atoms with Crippen LogP contribution in [-0.2, 0) is 4.43 Å². The summed E-state index contributed by atoms with van der Waals surface area (Å²) >= 11 is 2.28. The standard InChI is InChI=1S/C23H19IN6O/c1-14(29-22-18(12-25)21(26)27-13-28-22)19-10-15-6-5-7-16(11-24)20(15)23(31)30(19)17-8-3-2-4-9-17/h2-10,13-14H,11H2,1H3,(H3,26,27,28,29)/t14-/m0/s1. The molecule has 3 N–H and O–H groups in total. The third kappa shape index (κ3) is 3.84. The lowest BCUT2D eigenvalue weighted by atomic mass is 10.0. The number of rotatable bonds is 5. The van der Waals surface area contributed by atoms with Crippen LogP contribution >= 0.6 is 22.6 Å². The van der Waals surface area contributed by atoms with Gasteiger partial charge in [-0.25, -0.2) is 9.97 Å². The zero-order valence-electron chi connectivity index (χ0n) is 16.7. The molecule has 0 aliphatic carbocycles. The first-order valence-corrected chi connectivity index (χ1v) is 11.1. The van der Waals surface area contributed by atoms with Crippen LogP contribution in [0, 0.1) is 11.3 Å². The van der Waals surface area contributed by atoms with Crippen LogP contribution in [0.25, 0.3) is 16.5 Å². The molecule has 154 valence electrons. The van der Waals surface area contributed by atoms with Gasteiger partial charge in [-0.05, 0) is 36.1 Å². The van der Waals surface area contributed by atoms with E-state index in [0.717, 1.165) is 26.8 Å². The first kappa shape index (κ1) is 20.8. The van der Waals surface area contributed by atoms with Crippen molar-refractivity contribution in [1.82, 2.24) is 14.5 Å². The van der Waals surface area contributed by atoms with Gasteiger partial charge in [-0.2, -0.15) is 5.26 Å². The molecular weight excluding hydrogens is 503 g/mol. The number of para-hydroxylation sites is 1. The topological polar surface area (TPSA) is 110 Å². The van der Waals surface area contributed by atoms with E-state index in [1.54, 1.807) is 4.57 Å². The predicted octanol–water partition coefficient (Wildman–Crippen LogP) is 4.34. The van der Waals surface area contributed by atoms with Gasteiger partial charge in [-0.3, -0.25) is 9.36 Å². The van der Waals surface area contributed by atoms with E-state index >= 15 is 0 Å². The van der Waals surface area contributed by atoms with Gasteiger partial charge in [-0.15, -0.1) is 0 Å². The fourth-order valence-corrected chi connectivity index (χ4v) is 4.26. The van der Waals surface area contributed by atoms with Crippen molar-refractivity contribution in [3.05, 3.63) is 88.1 Å². The number of halogens is 1. The summed E-state index contributed by atoms with van der Waals surface area (Å²) in [5.41, 5.74) is 8.43. The van der Waals surface area contributed by atoms with Crippen LogP contribution in [0.3, 0.4) is 0 Å². The molecule has 8 heteroatoms. The zero-order chi connectivity index (χ0) is 22.0. The molecule has 2 heterocycles. The molecule has 4 rings (SSSR count). The van der Waals surface area contributed by atoms with E-state index < -0.39 is 0 Å². The van der Waals surface area contributed by atoms with Crippen molar-refractivity contribution in [1.29, 1.82) is 5.26 Å². The van der Waals surface area contributed by atoms with Crippen molar-refractivity contribution < 1.29 is 0 Å². The van der Waals surface area contributed by atoms with E-state index in [1.165, 1.54) is 6.33 Å². The Bertz CT molecular complexity index is 1360. The molecule has 0 aliphatic heterocycles. The predicted molar refractivity (Wildman–Crippen MR) is 130 cm³/mol. The smallest absolute Gasteiger partial charge is 0.263 e. The largest absolute Gasteiger partial charge is 0.382 e. The van der Waals surface area contributed by atoms with Gasteiger partial charge >= 0.3 is 0 Å². The Kier molecular flexibility index (Phi) is 5.86. The Morgan fingerprint density at radius 3 is 2.68 bits per heavy atom. The van der Waals surface area contributed by atoms with Crippen LogP contribution in [-0.4, -0.2) is 14.5 Å².